The molecule has 0 aromatic carbocycles. The third-order valence-corrected chi connectivity index (χ3v) is 5.71. The molecule has 0 bridgehead atoms. The fraction of sp³-hybridized carbons (Fsp3) is 0.636. The van der Waals surface area contributed by atoms with E-state index in [4.69, 9.17) is 21.1 Å². The number of nitrogens with zero attached hydrogens (tertiary/aromatic N) is 3. The van der Waals surface area contributed by atoms with Gasteiger partial charge in [-0.3, -0.25) is 4.98 Å². The highest BCUT2D eigenvalue weighted by molar-refractivity contribution is 5.69. The van der Waals surface area contributed by atoms with Gasteiger partial charge in [-0.15, -0.1) is 0 Å². The van der Waals surface area contributed by atoms with Crippen LogP contribution in [0.5, 0.6) is 5.75 Å². The molecule has 8 nitrogen and oxygen atoms in total. The molecule has 0 aliphatic heterocycles. The lowest BCUT2D eigenvalue weighted by atomic mass is 9.98. The van der Waals surface area contributed by atoms with Crippen LogP contribution in [0.25, 0.3) is 5.70 Å². The average molecular weight is 420 g/mol. The summed E-state index contributed by atoms with van der Waals surface area (Å²) in [5.74, 6) is 6.68. The summed E-state index contributed by atoms with van der Waals surface area (Å²) in [7, 11) is 3.40. The Balaban J connectivity index is 2.05. The molecule has 0 saturated heterocycles. The molecular weight excluding hydrogens is 382 g/mol. The molecule has 1 heterocycles. The molecule has 1 aromatic rings. The molecule has 1 aliphatic carbocycles. The summed E-state index contributed by atoms with van der Waals surface area (Å²) in [6.45, 7) is 4.05. The second kappa shape index (κ2) is 11.6. The van der Waals surface area contributed by atoms with Crippen molar-refractivity contribution in [3.63, 3.8) is 0 Å². The van der Waals surface area contributed by atoms with Crippen LogP contribution in [0.1, 0.15) is 64.5 Å². The van der Waals surface area contributed by atoms with Gasteiger partial charge in [0.15, 0.2) is 0 Å². The van der Waals surface area contributed by atoms with Crippen LogP contribution >= 0.6 is 0 Å². The number of pyridine rings is 1. The van der Waals surface area contributed by atoms with Crippen molar-refractivity contribution < 1.29 is 14.3 Å². The zero-order valence-electron chi connectivity index (χ0n) is 18.8. The third kappa shape index (κ3) is 6.52. The minimum Gasteiger partial charge on any atom is -0.489 e. The van der Waals surface area contributed by atoms with Crippen LogP contribution in [-0.4, -0.2) is 53.8 Å². The van der Waals surface area contributed by atoms with E-state index in [0.717, 1.165) is 31.4 Å². The van der Waals surface area contributed by atoms with E-state index in [9.17, 15) is 4.79 Å². The number of hydrogen-bond acceptors (Lipinski definition) is 7. The first-order valence-electron chi connectivity index (χ1n) is 10.9. The van der Waals surface area contributed by atoms with Crippen LogP contribution in [0.15, 0.2) is 24.0 Å². The SMILES string of the molecule is CCC(CC)N(C)C(=O)OC/C(=C(/N)c1ccc(OC2CCCCC2)cn1)N(C)N. The van der Waals surface area contributed by atoms with Gasteiger partial charge in [-0.05, 0) is 50.7 Å². The minimum atomic E-state index is -0.403. The standard InChI is InChI=1S/C22H37N5O3/c1-5-16(6-2)26(3)22(28)29-15-20(27(4)24)21(23)19-13-12-18(14-25-19)30-17-10-8-7-9-11-17/h12-14,16-17H,5-11,15,23-24H2,1-4H3/b21-20-. The van der Waals surface area contributed by atoms with Crippen LogP contribution in [-0.2, 0) is 4.74 Å². The number of nitrogens with two attached hydrogens (primary N) is 2. The molecule has 0 atom stereocenters. The van der Waals surface area contributed by atoms with Crippen LogP contribution in [0, 0.1) is 0 Å². The summed E-state index contributed by atoms with van der Waals surface area (Å²) >= 11 is 0. The Kier molecular flexibility index (Phi) is 9.23. The van der Waals surface area contributed by atoms with E-state index in [-0.39, 0.29) is 18.8 Å². The first-order valence-corrected chi connectivity index (χ1v) is 10.9. The van der Waals surface area contributed by atoms with Crippen LogP contribution < -0.4 is 16.3 Å². The summed E-state index contributed by atoms with van der Waals surface area (Å²) < 4.78 is 11.5. The van der Waals surface area contributed by atoms with Gasteiger partial charge in [0.1, 0.15) is 12.4 Å². The number of carbonyl (C=O) groups excluding carboxylic acids is 1. The molecule has 1 aromatic heterocycles. The lowest BCUT2D eigenvalue weighted by molar-refractivity contribution is 0.0973. The molecule has 4 N–H and O–H groups in total. The Morgan fingerprint density at radius 3 is 2.40 bits per heavy atom. The minimum absolute atomic E-state index is 0.0375. The molecule has 8 heteroatoms. The Morgan fingerprint density at radius 1 is 1.20 bits per heavy atom. The van der Waals surface area contributed by atoms with Crippen molar-refractivity contribution in [2.45, 2.75) is 70.9 Å². The van der Waals surface area contributed by atoms with E-state index >= 15 is 0 Å². The Labute approximate surface area is 180 Å². The Morgan fingerprint density at radius 2 is 1.87 bits per heavy atom. The maximum atomic E-state index is 12.4. The first kappa shape index (κ1) is 23.8. The summed E-state index contributed by atoms with van der Waals surface area (Å²) in [5.41, 5.74) is 7.70. The van der Waals surface area contributed by atoms with Gasteiger partial charge >= 0.3 is 6.09 Å². The molecule has 0 unspecified atom stereocenters. The molecule has 168 valence electrons. The van der Waals surface area contributed by atoms with Crippen molar-refractivity contribution in [3.05, 3.63) is 29.7 Å². The highest BCUT2D eigenvalue weighted by atomic mass is 16.6. The van der Waals surface area contributed by atoms with Gasteiger partial charge in [-0.25, -0.2) is 10.6 Å². The highest BCUT2D eigenvalue weighted by Crippen LogP contribution is 2.24. The summed E-state index contributed by atoms with van der Waals surface area (Å²) in [5, 5.41) is 1.36. The molecule has 30 heavy (non-hydrogen) atoms. The predicted octanol–water partition coefficient (Wildman–Crippen LogP) is 3.48. The number of hydrogen-bond donors (Lipinski definition) is 2. The second-order valence-corrected chi connectivity index (χ2v) is 7.86. The number of hydrazine groups is 1. The smallest absolute Gasteiger partial charge is 0.410 e. The van der Waals surface area contributed by atoms with Gasteiger partial charge in [-0.1, -0.05) is 20.3 Å². The van der Waals surface area contributed by atoms with Gasteiger partial charge in [0, 0.05) is 20.1 Å². The second-order valence-electron chi connectivity index (χ2n) is 7.86. The summed E-state index contributed by atoms with van der Waals surface area (Å²) in [4.78, 5) is 18.4. The van der Waals surface area contributed by atoms with Gasteiger partial charge in [0.05, 0.1) is 29.4 Å². The number of rotatable bonds is 9. The molecular formula is C22H37N5O3. The third-order valence-electron chi connectivity index (χ3n) is 5.71. The normalized spacial score (nSPS) is 15.5. The lowest BCUT2D eigenvalue weighted by Gasteiger charge is -2.26. The fourth-order valence-electron chi connectivity index (χ4n) is 3.72. The maximum absolute atomic E-state index is 12.4. The molecule has 1 saturated carbocycles. The number of amides is 1. The van der Waals surface area contributed by atoms with Crippen LogP contribution in [0.3, 0.4) is 0 Å². The number of aromatic nitrogens is 1. The van der Waals surface area contributed by atoms with E-state index in [1.54, 1.807) is 31.3 Å². The Bertz CT molecular complexity index is 695. The van der Waals surface area contributed by atoms with Crippen molar-refractivity contribution in [2.24, 2.45) is 11.6 Å². The molecule has 1 amide bonds. The molecule has 1 aliphatic rings. The fourth-order valence-corrected chi connectivity index (χ4v) is 3.72. The van der Waals surface area contributed by atoms with E-state index in [1.807, 2.05) is 19.9 Å². The zero-order chi connectivity index (χ0) is 22.1. The summed E-state index contributed by atoms with van der Waals surface area (Å²) in [6, 6.07) is 3.80. The Hall–Kier alpha value is -2.48. The lowest BCUT2D eigenvalue weighted by Crippen LogP contribution is -2.38. The van der Waals surface area contributed by atoms with Crippen LogP contribution in [0.2, 0.25) is 0 Å². The highest BCUT2D eigenvalue weighted by Gasteiger charge is 2.20. The maximum Gasteiger partial charge on any atom is 0.410 e. The van der Waals surface area contributed by atoms with E-state index < -0.39 is 6.09 Å². The van der Waals surface area contributed by atoms with Crippen molar-refractivity contribution in [3.8, 4) is 5.75 Å². The van der Waals surface area contributed by atoms with Crippen molar-refractivity contribution >= 4 is 11.8 Å². The van der Waals surface area contributed by atoms with Gasteiger partial charge < -0.3 is 25.1 Å². The van der Waals surface area contributed by atoms with Crippen molar-refractivity contribution in [2.75, 3.05) is 20.7 Å². The van der Waals surface area contributed by atoms with E-state index in [0.29, 0.717) is 17.1 Å². The monoisotopic (exact) mass is 419 g/mol. The molecule has 2 rings (SSSR count). The van der Waals surface area contributed by atoms with Gasteiger partial charge in [-0.2, -0.15) is 0 Å². The average Bonchev–Trinajstić information content (AvgIpc) is 2.75. The zero-order valence-corrected chi connectivity index (χ0v) is 18.8. The largest absolute Gasteiger partial charge is 0.489 e. The van der Waals surface area contributed by atoms with Crippen molar-refractivity contribution in [1.82, 2.24) is 14.9 Å². The van der Waals surface area contributed by atoms with E-state index in [2.05, 4.69) is 4.98 Å². The van der Waals surface area contributed by atoms with E-state index in [1.165, 1.54) is 24.3 Å². The topological polar surface area (TPSA) is 107 Å². The molecule has 0 spiro atoms. The summed E-state index contributed by atoms with van der Waals surface area (Å²) in [6.07, 6.45) is 9.14. The number of ether oxygens (including phenoxy) is 2. The van der Waals surface area contributed by atoms with Gasteiger partial charge in [0.25, 0.3) is 0 Å². The van der Waals surface area contributed by atoms with Crippen LogP contribution in [0.4, 0.5) is 4.79 Å². The molecule has 0 radical (unpaired) electrons. The first-order chi connectivity index (χ1) is 14.4. The number of carbonyl (C=O) groups is 1. The number of likely N-dealkylation sites (N-methyl/N-ethyl adjacent to an activating group) is 1. The van der Waals surface area contributed by atoms with Crippen molar-refractivity contribution in [1.29, 1.82) is 0 Å². The predicted molar refractivity (Wildman–Crippen MR) is 118 cm³/mol. The molecule has 1 fully saturated rings. The van der Waals surface area contributed by atoms with Gasteiger partial charge in [0.2, 0.25) is 0 Å². The quantitative estimate of drug-likeness (QED) is 0.466.